The molecule has 6 nitrogen and oxygen atoms in total. The Kier molecular flexibility index (Phi) is 3.84. The molecule has 0 atom stereocenters. The normalized spacial score (nSPS) is 19.4. The van der Waals surface area contributed by atoms with E-state index in [1.807, 2.05) is 9.80 Å². The minimum atomic E-state index is -0.312. The molecule has 1 heterocycles. The van der Waals surface area contributed by atoms with E-state index in [-0.39, 0.29) is 11.8 Å². The highest BCUT2D eigenvalue weighted by Crippen LogP contribution is 1.99. The van der Waals surface area contributed by atoms with E-state index in [1.165, 1.54) is 0 Å². The Morgan fingerprint density at radius 1 is 0.857 bits per heavy atom. The van der Waals surface area contributed by atoms with Crippen molar-refractivity contribution < 1.29 is 9.59 Å². The molecule has 0 radical (unpaired) electrons. The van der Waals surface area contributed by atoms with Crippen LogP contribution in [0.15, 0.2) is 0 Å². The fraction of sp³-hybridized carbons (Fsp3) is 0.750. The monoisotopic (exact) mass is 200 g/mol. The first-order chi connectivity index (χ1) is 6.58. The lowest BCUT2D eigenvalue weighted by Gasteiger charge is -2.33. The van der Waals surface area contributed by atoms with Crippen LogP contribution in [0, 0.1) is 0 Å². The molecule has 0 aromatic carbocycles. The Labute approximate surface area is 82.8 Å². The van der Waals surface area contributed by atoms with Gasteiger partial charge in [0.25, 0.3) is 0 Å². The topological polar surface area (TPSA) is 92.7 Å². The minimum absolute atomic E-state index is 0.296. The summed E-state index contributed by atoms with van der Waals surface area (Å²) in [6.45, 7) is 3.63. The van der Waals surface area contributed by atoms with Crippen molar-refractivity contribution in [3.8, 4) is 0 Å². The number of nitrogens with zero attached hydrogens (tertiary/aromatic N) is 2. The quantitative estimate of drug-likeness (QED) is 0.528. The summed E-state index contributed by atoms with van der Waals surface area (Å²) in [5.41, 5.74) is 10.1. The fourth-order valence-electron chi connectivity index (χ4n) is 1.55. The zero-order chi connectivity index (χ0) is 10.6. The highest BCUT2D eigenvalue weighted by molar-refractivity contribution is 5.76. The molecule has 0 aromatic rings. The first kappa shape index (κ1) is 10.9. The maximum absolute atomic E-state index is 10.6. The third-order valence-corrected chi connectivity index (χ3v) is 2.22. The second-order valence-corrected chi connectivity index (χ2v) is 3.48. The van der Waals surface area contributed by atoms with E-state index in [0.29, 0.717) is 13.1 Å². The molecular weight excluding hydrogens is 184 g/mol. The Hall–Kier alpha value is -1.14. The molecule has 1 fully saturated rings. The van der Waals surface area contributed by atoms with E-state index in [2.05, 4.69) is 0 Å². The molecule has 14 heavy (non-hydrogen) atoms. The summed E-state index contributed by atoms with van der Waals surface area (Å²) in [5.74, 6) is -0.623. The second kappa shape index (κ2) is 4.92. The number of hydrogen-bond acceptors (Lipinski definition) is 4. The second-order valence-electron chi connectivity index (χ2n) is 3.48. The van der Waals surface area contributed by atoms with Gasteiger partial charge in [-0.05, 0) is 0 Å². The van der Waals surface area contributed by atoms with Crippen LogP contribution in [0.5, 0.6) is 0 Å². The SMILES string of the molecule is NC(=O)CN1CCN(CC(N)=O)CC1. The standard InChI is InChI=1S/C8H16N4O2/c9-7(13)5-11-1-2-12(4-3-11)6-8(10)14/h1-6H2,(H2,9,13)(H2,10,14). The predicted molar refractivity (Wildman–Crippen MR) is 51.3 cm³/mol. The molecule has 1 aliphatic heterocycles. The van der Waals surface area contributed by atoms with E-state index in [0.717, 1.165) is 26.2 Å². The Morgan fingerprint density at radius 3 is 1.36 bits per heavy atom. The average molecular weight is 200 g/mol. The van der Waals surface area contributed by atoms with Crippen LogP contribution in [-0.4, -0.2) is 60.9 Å². The van der Waals surface area contributed by atoms with E-state index in [9.17, 15) is 9.59 Å². The number of nitrogens with two attached hydrogens (primary N) is 2. The summed E-state index contributed by atoms with van der Waals surface area (Å²) in [6.07, 6.45) is 0. The Balaban J connectivity index is 2.24. The van der Waals surface area contributed by atoms with Crippen LogP contribution in [0.4, 0.5) is 0 Å². The number of primary amides is 2. The largest absolute Gasteiger partial charge is 0.369 e. The summed E-state index contributed by atoms with van der Waals surface area (Å²) >= 11 is 0. The zero-order valence-electron chi connectivity index (χ0n) is 8.11. The smallest absolute Gasteiger partial charge is 0.231 e. The molecule has 1 saturated heterocycles. The van der Waals surface area contributed by atoms with Gasteiger partial charge in [0.1, 0.15) is 0 Å². The van der Waals surface area contributed by atoms with E-state index in [1.54, 1.807) is 0 Å². The third-order valence-electron chi connectivity index (χ3n) is 2.22. The summed E-state index contributed by atoms with van der Waals surface area (Å²) in [5, 5.41) is 0. The molecule has 80 valence electrons. The maximum Gasteiger partial charge on any atom is 0.231 e. The number of amides is 2. The van der Waals surface area contributed by atoms with Gasteiger partial charge in [0.15, 0.2) is 0 Å². The van der Waals surface area contributed by atoms with Crippen LogP contribution in [-0.2, 0) is 9.59 Å². The summed E-state index contributed by atoms with van der Waals surface area (Å²) in [6, 6.07) is 0. The van der Waals surface area contributed by atoms with E-state index >= 15 is 0 Å². The number of piperazine rings is 1. The molecule has 1 rings (SSSR count). The van der Waals surface area contributed by atoms with Gasteiger partial charge in [-0.1, -0.05) is 0 Å². The fourth-order valence-corrected chi connectivity index (χ4v) is 1.55. The van der Waals surface area contributed by atoms with Crippen molar-refractivity contribution in [2.45, 2.75) is 0 Å². The number of hydrogen-bond donors (Lipinski definition) is 2. The molecule has 4 N–H and O–H groups in total. The number of carbonyl (C=O) groups excluding carboxylic acids is 2. The van der Waals surface area contributed by atoms with Gasteiger partial charge in [-0.15, -0.1) is 0 Å². The van der Waals surface area contributed by atoms with Gasteiger partial charge in [-0.25, -0.2) is 0 Å². The summed E-state index contributed by atoms with van der Waals surface area (Å²) < 4.78 is 0. The molecule has 0 aromatic heterocycles. The van der Waals surface area contributed by atoms with Crippen molar-refractivity contribution in [3.63, 3.8) is 0 Å². The maximum atomic E-state index is 10.6. The zero-order valence-corrected chi connectivity index (χ0v) is 8.11. The van der Waals surface area contributed by atoms with Crippen LogP contribution in [0.3, 0.4) is 0 Å². The number of carbonyl (C=O) groups is 2. The first-order valence-corrected chi connectivity index (χ1v) is 4.59. The van der Waals surface area contributed by atoms with Crippen molar-refractivity contribution in [1.82, 2.24) is 9.80 Å². The van der Waals surface area contributed by atoms with Crippen LogP contribution >= 0.6 is 0 Å². The first-order valence-electron chi connectivity index (χ1n) is 4.59. The Bertz CT molecular complexity index is 199. The predicted octanol–water partition coefficient (Wildman–Crippen LogP) is -2.43. The van der Waals surface area contributed by atoms with Crippen LogP contribution in [0.2, 0.25) is 0 Å². The summed E-state index contributed by atoms with van der Waals surface area (Å²) in [7, 11) is 0. The molecule has 0 saturated carbocycles. The molecule has 0 aliphatic carbocycles. The van der Waals surface area contributed by atoms with Gasteiger partial charge in [-0.3, -0.25) is 19.4 Å². The lowest BCUT2D eigenvalue weighted by molar-refractivity contribution is -0.121. The molecule has 0 bridgehead atoms. The van der Waals surface area contributed by atoms with E-state index in [4.69, 9.17) is 11.5 Å². The van der Waals surface area contributed by atoms with Crippen molar-refractivity contribution in [2.75, 3.05) is 39.3 Å². The van der Waals surface area contributed by atoms with Crippen molar-refractivity contribution >= 4 is 11.8 Å². The van der Waals surface area contributed by atoms with Crippen LogP contribution in [0.1, 0.15) is 0 Å². The van der Waals surface area contributed by atoms with Crippen LogP contribution < -0.4 is 11.5 Å². The molecule has 6 heteroatoms. The van der Waals surface area contributed by atoms with Crippen molar-refractivity contribution in [1.29, 1.82) is 0 Å². The Morgan fingerprint density at radius 2 is 1.14 bits per heavy atom. The van der Waals surface area contributed by atoms with Gasteiger partial charge in [-0.2, -0.15) is 0 Å². The van der Waals surface area contributed by atoms with Gasteiger partial charge < -0.3 is 11.5 Å². The minimum Gasteiger partial charge on any atom is -0.369 e. The van der Waals surface area contributed by atoms with Crippen molar-refractivity contribution in [3.05, 3.63) is 0 Å². The van der Waals surface area contributed by atoms with Gasteiger partial charge in [0.2, 0.25) is 11.8 Å². The molecule has 2 amide bonds. The lowest BCUT2D eigenvalue weighted by atomic mass is 10.3. The molecular formula is C8H16N4O2. The third kappa shape index (κ3) is 3.71. The number of rotatable bonds is 4. The molecule has 0 spiro atoms. The van der Waals surface area contributed by atoms with Gasteiger partial charge in [0, 0.05) is 26.2 Å². The highest BCUT2D eigenvalue weighted by atomic mass is 16.1. The van der Waals surface area contributed by atoms with Crippen LogP contribution in [0.25, 0.3) is 0 Å². The molecule has 1 aliphatic rings. The highest BCUT2D eigenvalue weighted by Gasteiger charge is 2.18. The lowest BCUT2D eigenvalue weighted by Crippen LogP contribution is -2.50. The van der Waals surface area contributed by atoms with Crippen molar-refractivity contribution in [2.24, 2.45) is 11.5 Å². The summed E-state index contributed by atoms with van der Waals surface area (Å²) in [4.78, 5) is 25.2. The van der Waals surface area contributed by atoms with Gasteiger partial charge >= 0.3 is 0 Å². The van der Waals surface area contributed by atoms with Gasteiger partial charge in [0.05, 0.1) is 13.1 Å². The van der Waals surface area contributed by atoms with E-state index < -0.39 is 0 Å². The molecule has 0 unspecified atom stereocenters. The average Bonchev–Trinajstić information content (AvgIpc) is 2.06.